The average molecular weight is 240 g/mol. The highest BCUT2D eigenvalue weighted by atomic mass is 32.1. The number of hydrogen-bond acceptors (Lipinski definition) is 3. The fraction of sp³-hybridized carbons (Fsp3) is 0.500. The summed E-state index contributed by atoms with van der Waals surface area (Å²) in [5.41, 5.74) is 6.27. The molecule has 0 radical (unpaired) electrons. The van der Waals surface area contributed by atoms with Crippen LogP contribution in [0.15, 0.2) is 12.3 Å². The van der Waals surface area contributed by atoms with Crippen LogP contribution in [0.25, 0.3) is 0 Å². The van der Waals surface area contributed by atoms with Crippen LogP contribution in [0.4, 0.5) is 0 Å². The van der Waals surface area contributed by atoms with Crippen LogP contribution < -0.4 is 5.73 Å². The molecule has 1 heterocycles. The van der Waals surface area contributed by atoms with Crippen molar-refractivity contribution >= 4 is 23.1 Å². The zero-order valence-corrected chi connectivity index (χ0v) is 10.3. The van der Waals surface area contributed by atoms with Crippen LogP contribution >= 0.6 is 12.2 Å². The molecule has 1 aromatic rings. The summed E-state index contributed by atoms with van der Waals surface area (Å²) in [5.74, 6) is -0.000602. The molecular formula is C10H16N4OS. The van der Waals surface area contributed by atoms with Gasteiger partial charge in [-0.2, -0.15) is 5.10 Å². The lowest BCUT2D eigenvalue weighted by Crippen LogP contribution is -2.32. The first kappa shape index (κ1) is 12.6. The minimum atomic E-state index is -0.000602. The predicted octanol–water partition coefficient (Wildman–Crippen LogP) is 0.326. The number of thiocarbonyl (C=S) groups is 1. The van der Waals surface area contributed by atoms with Gasteiger partial charge in [-0.05, 0) is 13.0 Å². The third kappa shape index (κ3) is 3.98. The predicted molar refractivity (Wildman–Crippen MR) is 66.0 cm³/mol. The number of aromatic nitrogens is 2. The molecule has 0 aliphatic heterocycles. The van der Waals surface area contributed by atoms with Crippen LogP contribution in [-0.2, 0) is 11.3 Å². The molecule has 6 heteroatoms. The zero-order chi connectivity index (χ0) is 12.1. The number of carbonyl (C=O) groups excluding carboxylic acids is 1. The van der Waals surface area contributed by atoms with Crippen LogP contribution in [0.2, 0.25) is 0 Å². The molecule has 0 spiro atoms. The molecule has 2 N–H and O–H groups in total. The molecule has 0 unspecified atom stereocenters. The first-order chi connectivity index (χ1) is 7.49. The molecule has 0 aromatic carbocycles. The van der Waals surface area contributed by atoms with Crippen LogP contribution in [0.3, 0.4) is 0 Å². The summed E-state index contributed by atoms with van der Waals surface area (Å²) in [5, 5.41) is 4.15. The Balaban J connectivity index is 2.42. The van der Waals surface area contributed by atoms with E-state index in [1.807, 2.05) is 13.0 Å². The molecule has 16 heavy (non-hydrogen) atoms. The Morgan fingerprint density at radius 3 is 2.88 bits per heavy atom. The second-order valence-electron chi connectivity index (χ2n) is 3.69. The van der Waals surface area contributed by atoms with Gasteiger partial charge in [-0.1, -0.05) is 12.2 Å². The molecule has 0 bridgehead atoms. The molecule has 0 aliphatic rings. The van der Waals surface area contributed by atoms with Gasteiger partial charge in [0, 0.05) is 26.2 Å². The lowest BCUT2D eigenvalue weighted by molar-refractivity contribution is -0.130. The average Bonchev–Trinajstić information content (AvgIpc) is 2.60. The van der Waals surface area contributed by atoms with Crippen LogP contribution in [0, 0.1) is 6.92 Å². The molecule has 88 valence electrons. The van der Waals surface area contributed by atoms with E-state index in [9.17, 15) is 4.79 Å². The number of amides is 1. The first-order valence-electron chi connectivity index (χ1n) is 5.01. The third-order valence-corrected chi connectivity index (χ3v) is 2.39. The van der Waals surface area contributed by atoms with Crippen molar-refractivity contribution in [2.75, 3.05) is 13.6 Å². The highest BCUT2D eigenvalue weighted by molar-refractivity contribution is 7.80. The summed E-state index contributed by atoms with van der Waals surface area (Å²) in [6.07, 6.45) is 2.34. The van der Waals surface area contributed by atoms with Crippen LogP contribution in [-0.4, -0.2) is 39.2 Å². The van der Waals surface area contributed by atoms with E-state index in [0.29, 0.717) is 18.0 Å². The standard InChI is InChI=1S/C10H16N4OS/c1-8-3-6-14(12-8)7-10(15)13(2)5-4-9(11)16/h3,6H,4-5,7H2,1-2H3,(H2,11,16). The number of nitrogens with two attached hydrogens (primary N) is 1. The van der Waals surface area contributed by atoms with Crippen molar-refractivity contribution in [1.82, 2.24) is 14.7 Å². The summed E-state index contributed by atoms with van der Waals surface area (Å²) < 4.78 is 1.62. The van der Waals surface area contributed by atoms with E-state index in [2.05, 4.69) is 5.10 Å². The molecule has 0 saturated heterocycles. The Hall–Kier alpha value is -1.43. The van der Waals surface area contributed by atoms with Gasteiger partial charge in [0.15, 0.2) is 0 Å². The second kappa shape index (κ2) is 5.60. The van der Waals surface area contributed by atoms with Gasteiger partial charge in [0.2, 0.25) is 5.91 Å². The maximum absolute atomic E-state index is 11.7. The van der Waals surface area contributed by atoms with Crippen LogP contribution in [0.1, 0.15) is 12.1 Å². The van der Waals surface area contributed by atoms with Crippen molar-refractivity contribution in [1.29, 1.82) is 0 Å². The molecular weight excluding hydrogens is 224 g/mol. The Morgan fingerprint density at radius 2 is 2.38 bits per heavy atom. The normalized spacial score (nSPS) is 10.1. The Bertz CT molecular complexity index is 388. The van der Waals surface area contributed by atoms with Gasteiger partial charge >= 0.3 is 0 Å². The van der Waals surface area contributed by atoms with Gasteiger partial charge < -0.3 is 10.6 Å². The minimum Gasteiger partial charge on any atom is -0.393 e. The van der Waals surface area contributed by atoms with E-state index in [0.717, 1.165) is 5.69 Å². The van der Waals surface area contributed by atoms with Crippen molar-refractivity contribution in [3.8, 4) is 0 Å². The molecule has 0 aliphatic carbocycles. The van der Waals surface area contributed by atoms with E-state index >= 15 is 0 Å². The van der Waals surface area contributed by atoms with Gasteiger partial charge in [-0.3, -0.25) is 9.48 Å². The number of hydrogen-bond donors (Lipinski definition) is 1. The van der Waals surface area contributed by atoms with E-state index in [4.69, 9.17) is 18.0 Å². The maximum Gasteiger partial charge on any atom is 0.244 e. The van der Waals surface area contributed by atoms with Crippen LogP contribution in [0.5, 0.6) is 0 Å². The van der Waals surface area contributed by atoms with E-state index in [-0.39, 0.29) is 12.5 Å². The Kier molecular flexibility index (Phi) is 4.42. The smallest absolute Gasteiger partial charge is 0.244 e. The first-order valence-corrected chi connectivity index (χ1v) is 5.42. The second-order valence-corrected chi connectivity index (χ2v) is 4.21. The van der Waals surface area contributed by atoms with E-state index in [1.54, 1.807) is 22.8 Å². The van der Waals surface area contributed by atoms with Crippen molar-refractivity contribution < 1.29 is 4.79 Å². The lowest BCUT2D eigenvalue weighted by Gasteiger charge is -2.16. The van der Waals surface area contributed by atoms with E-state index in [1.165, 1.54) is 0 Å². The molecule has 0 saturated carbocycles. The SMILES string of the molecule is Cc1ccn(CC(=O)N(C)CCC(N)=S)n1. The fourth-order valence-corrected chi connectivity index (χ4v) is 1.30. The zero-order valence-electron chi connectivity index (χ0n) is 9.51. The highest BCUT2D eigenvalue weighted by Crippen LogP contribution is 1.96. The molecule has 1 aromatic heterocycles. The quantitative estimate of drug-likeness (QED) is 0.753. The van der Waals surface area contributed by atoms with Gasteiger partial charge in [0.1, 0.15) is 6.54 Å². The largest absolute Gasteiger partial charge is 0.393 e. The minimum absolute atomic E-state index is 0.000602. The number of likely N-dealkylation sites (N-methyl/N-ethyl adjacent to an activating group) is 1. The summed E-state index contributed by atoms with van der Waals surface area (Å²) in [7, 11) is 1.73. The number of carbonyl (C=O) groups is 1. The number of aryl methyl sites for hydroxylation is 1. The lowest BCUT2D eigenvalue weighted by atomic mass is 10.4. The number of rotatable bonds is 5. The van der Waals surface area contributed by atoms with Crippen molar-refractivity contribution in [2.24, 2.45) is 5.73 Å². The topological polar surface area (TPSA) is 64.2 Å². The van der Waals surface area contributed by atoms with Gasteiger partial charge in [-0.15, -0.1) is 0 Å². The van der Waals surface area contributed by atoms with E-state index < -0.39 is 0 Å². The summed E-state index contributed by atoms with van der Waals surface area (Å²) in [6.45, 7) is 2.69. The Labute approximate surface area is 100 Å². The molecule has 0 fully saturated rings. The van der Waals surface area contributed by atoms with Crippen molar-refractivity contribution in [2.45, 2.75) is 19.9 Å². The summed E-state index contributed by atoms with van der Waals surface area (Å²) in [6, 6.07) is 1.86. The molecule has 1 amide bonds. The monoisotopic (exact) mass is 240 g/mol. The Morgan fingerprint density at radius 1 is 1.69 bits per heavy atom. The number of nitrogens with zero attached hydrogens (tertiary/aromatic N) is 3. The van der Waals surface area contributed by atoms with Gasteiger partial charge in [0.25, 0.3) is 0 Å². The molecule has 5 nitrogen and oxygen atoms in total. The summed E-state index contributed by atoms with van der Waals surface area (Å²) in [4.78, 5) is 13.7. The molecule has 0 atom stereocenters. The maximum atomic E-state index is 11.7. The van der Waals surface area contributed by atoms with Gasteiger partial charge in [0.05, 0.1) is 10.7 Å². The molecule has 1 rings (SSSR count). The summed E-state index contributed by atoms with van der Waals surface area (Å²) >= 11 is 4.76. The fourth-order valence-electron chi connectivity index (χ4n) is 1.21. The van der Waals surface area contributed by atoms with Crippen molar-refractivity contribution in [3.63, 3.8) is 0 Å². The van der Waals surface area contributed by atoms with Gasteiger partial charge in [-0.25, -0.2) is 0 Å². The highest BCUT2D eigenvalue weighted by Gasteiger charge is 2.09. The third-order valence-electron chi connectivity index (χ3n) is 2.19. The van der Waals surface area contributed by atoms with Crippen molar-refractivity contribution in [3.05, 3.63) is 18.0 Å².